The maximum absolute atomic E-state index is 12.4. The Morgan fingerprint density at radius 1 is 1.33 bits per heavy atom. The van der Waals surface area contributed by atoms with Gasteiger partial charge in [-0.1, -0.05) is 13.2 Å². The van der Waals surface area contributed by atoms with Gasteiger partial charge >= 0.3 is 0 Å². The summed E-state index contributed by atoms with van der Waals surface area (Å²) in [5.41, 5.74) is 0.786. The number of nitrogens with zero attached hydrogens (tertiary/aromatic N) is 1. The fraction of sp³-hybridized carbons (Fsp3) is 0.286. The Hall–Kier alpha value is -0.920. The Morgan fingerprint density at radius 3 is 1.89 bits per heavy atom. The predicted octanol–water partition coefficient (Wildman–Crippen LogP) is 2.46. The van der Waals surface area contributed by atoms with Crippen molar-refractivity contribution in [3.8, 4) is 0 Å². The third kappa shape index (κ3) is 3.64. The molecule has 0 spiro atoms. The van der Waals surface area contributed by atoms with E-state index in [1.54, 1.807) is 13.8 Å². The third-order valence-corrected chi connectivity index (χ3v) is 0.641. The highest BCUT2D eigenvalue weighted by Gasteiger charge is 1.93. The van der Waals surface area contributed by atoms with Crippen molar-refractivity contribution in [3.63, 3.8) is 0 Å². The van der Waals surface area contributed by atoms with Gasteiger partial charge in [-0.2, -0.15) is 4.39 Å². The van der Waals surface area contributed by atoms with E-state index in [9.17, 15) is 4.39 Å². The largest absolute Gasteiger partial charge is 0.226 e. The normalized spacial score (nSPS) is 11.2. The summed E-state index contributed by atoms with van der Waals surface area (Å²) in [5.74, 6) is -0.539. The van der Waals surface area contributed by atoms with Gasteiger partial charge < -0.3 is 0 Å². The van der Waals surface area contributed by atoms with E-state index in [-0.39, 0.29) is 0 Å². The van der Waals surface area contributed by atoms with Gasteiger partial charge in [-0.15, -0.1) is 0 Å². The summed E-state index contributed by atoms with van der Waals surface area (Å²) in [5, 5.41) is 0. The molecule has 0 N–H and O–H groups in total. The van der Waals surface area contributed by atoms with E-state index in [2.05, 4.69) is 18.2 Å². The van der Waals surface area contributed by atoms with Gasteiger partial charge in [0.15, 0.2) is 0 Å². The second-order valence-corrected chi connectivity index (χ2v) is 1.92. The fourth-order valence-corrected chi connectivity index (χ4v) is 0.263. The summed E-state index contributed by atoms with van der Waals surface area (Å²) in [6, 6.07) is 0. The van der Waals surface area contributed by atoms with Gasteiger partial charge in [-0.25, -0.2) is 4.99 Å². The summed E-state index contributed by atoms with van der Waals surface area (Å²) >= 11 is 0. The molecule has 0 fully saturated rings. The molecule has 0 aliphatic rings. The lowest BCUT2D eigenvalue weighted by molar-refractivity contribution is 0.800. The van der Waals surface area contributed by atoms with Gasteiger partial charge in [0.25, 0.3) is 0 Å². The highest BCUT2D eigenvalue weighted by Crippen LogP contribution is 1.98. The maximum Gasteiger partial charge on any atom is 0.215 e. The lowest BCUT2D eigenvalue weighted by Gasteiger charge is -1.91. The smallest absolute Gasteiger partial charge is 0.215 e. The predicted molar refractivity (Wildman–Crippen MR) is 38.2 cm³/mol. The number of rotatable bonds is 2. The average molecular weight is 127 g/mol. The Kier molecular flexibility index (Phi) is 2.85. The molecule has 0 atom stereocenters. The highest BCUT2D eigenvalue weighted by molar-refractivity contribution is 5.91. The van der Waals surface area contributed by atoms with Gasteiger partial charge in [0.05, 0.1) is 0 Å². The van der Waals surface area contributed by atoms with Crippen molar-refractivity contribution in [2.75, 3.05) is 0 Å². The molecule has 0 heterocycles. The second kappa shape index (κ2) is 3.17. The zero-order chi connectivity index (χ0) is 7.44. The first-order chi connectivity index (χ1) is 4.04. The van der Waals surface area contributed by atoms with Crippen LogP contribution in [0.4, 0.5) is 4.39 Å². The summed E-state index contributed by atoms with van der Waals surface area (Å²) in [6.07, 6.45) is 0. The number of allylic oxidation sites excluding steroid dienone is 2. The van der Waals surface area contributed by atoms with Crippen LogP contribution in [0, 0.1) is 0 Å². The lowest BCUT2D eigenvalue weighted by atomic mass is 10.4. The van der Waals surface area contributed by atoms with Gasteiger partial charge in [0.2, 0.25) is 5.97 Å². The average Bonchev–Trinajstić information content (AvgIpc) is 1.63. The Balaban J connectivity index is 4.17. The molecule has 0 bridgehead atoms. The molecule has 0 aliphatic carbocycles. The van der Waals surface area contributed by atoms with Crippen LogP contribution in [-0.4, -0.2) is 5.97 Å². The molecule has 0 saturated carbocycles. The van der Waals surface area contributed by atoms with E-state index >= 15 is 0 Å². The van der Waals surface area contributed by atoms with Gasteiger partial charge in [0.1, 0.15) is 0 Å². The van der Waals surface area contributed by atoms with Crippen molar-refractivity contribution < 1.29 is 4.39 Å². The van der Waals surface area contributed by atoms with Crippen LogP contribution in [0.25, 0.3) is 0 Å². The molecule has 1 nitrogen and oxygen atoms in total. The molecular formula is C7H10FN. The van der Waals surface area contributed by atoms with Crippen LogP contribution >= 0.6 is 0 Å². The maximum atomic E-state index is 12.4. The second-order valence-electron chi connectivity index (χ2n) is 1.92. The summed E-state index contributed by atoms with van der Waals surface area (Å²) in [6.45, 7) is 9.95. The van der Waals surface area contributed by atoms with Crippen molar-refractivity contribution in [3.05, 3.63) is 24.4 Å². The van der Waals surface area contributed by atoms with Crippen molar-refractivity contribution in [1.29, 1.82) is 0 Å². The van der Waals surface area contributed by atoms with E-state index in [0.29, 0.717) is 11.3 Å². The topological polar surface area (TPSA) is 12.4 Å². The Bertz CT molecular complexity index is 168. The quantitative estimate of drug-likeness (QED) is 0.505. The fourth-order valence-electron chi connectivity index (χ4n) is 0.263. The van der Waals surface area contributed by atoms with E-state index in [1.807, 2.05) is 0 Å². The van der Waals surface area contributed by atoms with Crippen molar-refractivity contribution in [1.82, 2.24) is 0 Å². The van der Waals surface area contributed by atoms with Crippen LogP contribution in [-0.2, 0) is 0 Å². The molecule has 0 unspecified atom stereocenters. The molecule has 0 aromatic rings. The molecule has 0 aliphatic heterocycles. The standard InChI is InChI=1S/C7H10FN/c1-5(2)7(8)9-6(3)4/h1,3H2,2,4H3. The minimum absolute atomic E-state index is 0.331. The molecule has 9 heavy (non-hydrogen) atoms. The molecule has 0 saturated heterocycles. The summed E-state index contributed by atoms with van der Waals surface area (Å²) in [7, 11) is 0. The SMILES string of the molecule is C=C(C)N=C(F)C(=C)C. The molecule has 0 aromatic carbocycles. The van der Waals surface area contributed by atoms with Crippen LogP contribution < -0.4 is 0 Å². The van der Waals surface area contributed by atoms with Crippen LogP contribution in [0.5, 0.6) is 0 Å². The van der Waals surface area contributed by atoms with Crippen molar-refractivity contribution >= 4 is 5.97 Å². The van der Waals surface area contributed by atoms with Crippen LogP contribution in [0.2, 0.25) is 0 Å². The summed E-state index contributed by atoms with van der Waals surface area (Å²) < 4.78 is 12.4. The van der Waals surface area contributed by atoms with Crippen molar-refractivity contribution in [2.24, 2.45) is 4.99 Å². The van der Waals surface area contributed by atoms with Crippen LogP contribution in [0.1, 0.15) is 13.8 Å². The minimum Gasteiger partial charge on any atom is -0.226 e. The van der Waals surface area contributed by atoms with Gasteiger partial charge in [-0.3, -0.25) is 0 Å². The zero-order valence-electron chi connectivity index (χ0n) is 5.74. The monoisotopic (exact) mass is 127 g/mol. The molecule has 0 aromatic heterocycles. The van der Waals surface area contributed by atoms with E-state index in [1.165, 1.54) is 0 Å². The van der Waals surface area contributed by atoms with E-state index in [4.69, 9.17) is 0 Å². The number of aliphatic imine (C=N–C) groups is 1. The summed E-state index contributed by atoms with van der Waals surface area (Å²) in [4.78, 5) is 3.43. The number of hydrogen-bond donors (Lipinski definition) is 0. The molecular weight excluding hydrogens is 117 g/mol. The first kappa shape index (κ1) is 8.08. The molecule has 0 radical (unpaired) electrons. The molecule has 2 heteroatoms. The zero-order valence-corrected chi connectivity index (χ0v) is 5.74. The Labute approximate surface area is 54.6 Å². The lowest BCUT2D eigenvalue weighted by Crippen LogP contribution is -1.88. The minimum atomic E-state index is -0.539. The van der Waals surface area contributed by atoms with Gasteiger partial charge in [-0.05, 0) is 19.4 Å². The van der Waals surface area contributed by atoms with E-state index < -0.39 is 5.97 Å². The number of halogens is 1. The first-order valence-electron chi connectivity index (χ1n) is 2.59. The number of hydrogen-bond acceptors (Lipinski definition) is 1. The van der Waals surface area contributed by atoms with Gasteiger partial charge in [0, 0.05) is 5.70 Å². The van der Waals surface area contributed by atoms with Crippen LogP contribution in [0.3, 0.4) is 0 Å². The van der Waals surface area contributed by atoms with Crippen LogP contribution in [0.15, 0.2) is 29.4 Å². The molecule has 0 amide bonds. The van der Waals surface area contributed by atoms with E-state index in [0.717, 1.165) is 0 Å². The third-order valence-electron chi connectivity index (χ3n) is 0.641. The molecule has 50 valence electrons. The molecule has 0 rings (SSSR count). The highest BCUT2D eigenvalue weighted by atomic mass is 19.1. The van der Waals surface area contributed by atoms with Crippen molar-refractivity contribution in [2.45, 2.75) is 13.8 Å². The Morgan fingerprint density at radius 2 is 1.78 bits per heavy atom. The first-order valence-corrected chi connectivity index (χ1v) is 2.59.